The van der Waals surface area contributed by atoms with Crippen molar-refractivity contribution in [1.82, 2.24) is 14.7 Å². The molecule has 0 unspecified atom stereocenters. The van der Waals surface area contributed by atoms with E-state index in [0.717, 1.165) is 39.3 Å². The summed E-state index contributed by atoms with van der Waals surface area (Å²) in [6.45, 7) is 12.6. The van der Waals surface area contributed by atoms with E-state index in [1.807, 2.05) is 0 Å². The predicted molar refractivity (Wildman–Crippen MR) is 93.4 cm³/mol. The first kappa shape index (κ1) is 18.9. The number of guanidine groups is 1. The van der Waals surface area contributed by atoms with Gasteiger partial charge >= 0.3 is 0 Å². The van der Waals surface area contributed by atoms with Gasteiger partial charge in [0.25, 0.3) is 0 Å². The number of halogens is 1. The Balaban J connectivity index is 0.00000324. The van der Waals surface area contributed by atoms with Gasteiger partial charge in [-0.1, -0.05) is 0 Å². The molecular formula is C13H30IN5. The van der Waals surface area contributed by atoms with Crippen LogP contribution in [0.5, 0.6) is 0 Å². The molecular weight excluding hydrogens is 353 g/mol. The van der Waals surface area contributed by atoms with Gasteiger partial charge in [0.15, 0.2) is 5.96 Å². The normalized spacial score (nSPS) is 18.8. The third-order valence-electron chi connectivity index (χ3n) is 3.59. The number of hydrogen-bond acceptors (Lipinski definition) is 3. The standard InChI is InChI=1S/C13H29N5.HI/c1-4-18(5-2)13(14)15-7-10-17-9-6-8-16(3)11-12-17;/h4-12H2,1-3H3,(H2,14,15);1H. The summed E-state index contributed by atoms with van der Waals surface area (Å²) >= 11 is 0. The molecule has 1 fully saturated rings. The van der Waals surface area contributed by atoms with Crippen molar-refractivity contribution in [3.8, 4) is 0 Å². The molecule has 0 saturated carbocycles. The van der Waals surface area contributed by atoms with Crippen molar-refractivity contribution in [2.45, 2.75) is 20.3 Å². The van der Waals surface area contributed by atoms with E-state index in [0.29, 0.717) is 5.96 Å². The highest BCUT2D eigenvalue weighted by Gasteiger charge is 2.11. The summed E-state index contributed by atoms with van der Waals surface area (Å²) in [5.41, 5.74) is 5.96. The largest absolute Gasteiger partial charge is 0.370 e. The Kier molecular flexibility index (Phi) is 10.6. The molecule has 1 rings (SSSR count). The minimum Gasteiger partial charge on any atom is -0.370 e. The van der Waals surface area contributed by atoms with Gasteiger partial charge in [-0.05, 0) is 40.4 Å². The van der Waals surface area contributed by atoms with Crippen LogP contribution in [0.2, 0.25) is 0 Å². The molecule has 0 spiro atoms. The summed E-state index contributed by atoms with van der Waals surface area (Å²) in [4.78, 5) is 11.5. The first-order chi connectivity index (χ1) is 8.67. The highest BCUT2D eigenvalue weighted by molar-refractivity contribution is 14.0. The van der Waals surface area contributed by atoms with Crippen LogP contribution < -0.4 is 5.73 Å². The lowest BCUT2D eigenvalue weighted by molar-refractivity contribution is 0.283. The SMILES string of the molecule is CCN(CC)C(N)=NCCN1CCCN(C)CC1.I. The number of hydrogen-bond donors (Lipinski definition) is 1. The van der Waals surface area contributed by atoms with Crippen molar-refractivity contribution in [2.75, 3.05) is 59.4 Å². The van der Waals surface area contributed by atoms with Crippen molar-refractivity contribution in [1.29, 1.82) is 0 Å². The molecule has 1 aliphatic rings. The van der Waals surface area contributed by atoms with E-state index >= 15 is 0 Å². The minimum atomic E-state index is 0. The predicted octanol–water partition coefficient (Wildman–Crippen LogP) is 0.898. The third kappa shape index (κ3) is 7.31. The fourth-order valence-corrected chi connectivity index (χ4v) is 2.28. The Morgan fingerprint density at radius 3 is 2.47 bits per heavy atom. The van der Waals surface area contributed by atoms with Crippen LogP contribution in [0.25, 0.3) is 0 Å². The maximum atomic E-state index is 5.96. The highest BCUT2D eigenvalue weighted by atomic mass is 127. The molecule has 0 radical (unpaired) electrons. The topological polar surface area (TPSA) is 48.1 Å². The van der Waals surface area contributed by atoms with E-state index in [9.17, 15) is 0 Å². The summed E-state index contributed by atoms with van der Waals surface area (Å²) in [5, 5.41) is 0. The zero-order valence-electron chi connectivity index (χ0n) is 12.6. The van der Waals surface area contributed by atoms with E-state index < -0.39 is 0 Å². The van der Waals surface area contributed by atoms with Crippen LogP contribution in [-0.4, -0.2) is 80.1 Å². The van der Waals surface area contributed by atoms with Crippen molar-refractivity contribution >= 4 is 29.9 Å². The molecule has 5 nitrogen and oxygen atoms in total. The van der Waals surface area contributed by atoms with Gasteiger partial charge < -0.3 is 20.4 Å². The molecule has 0 atom stereocenters. The van der Waals surface area contributed by atoms with Crippen LogP contribution in [-0.2, 0) is 0 Å². The summed E-state index contributed by atoms with van der Waals surface area (Å²) in [6.07, 6.45) is 1.26. The molecule has 0 amide bonds. The average Bonchev–Trinajstić information content (AvgIpc) is 2.56. The van der Waals surface area contributed by atoms with Crippen LogP contribution in [0, 0.1) is 0 Å². The molecule has 1 heterocycles. The number of nitrogens with zero attached hydrogens (tertiary/aromatic N) is 4. The first-order valence-corrected chi connectivity index (χ1v) is 7.13. The molecule has 0 bridgehead atoms. The summed E-state index contributed by atoms with van der Waals surface area (Å²) in [5.74, 6) is 0.687. The van der Waals surface area contributed by atoms with Gasteiger partial charge in [-0.15, -0.1) is 24.0 Å². The summed E-state index contributed by atoms with van der Waals surface area (Å²) in [6, 6.07) is 0. The monoisotopic (exact) mass is 383 g/mol. The second-order valence-electron chi connectivity index (χ2n) is 4.91. The van der Waals surface area contributed by atoms with Gasteiger partial charge in [0.1, 0.15) is 0 Å². The molecule has 114 valence electrons. The van der Waals surface area contributed by atoms with E-state index in [1.165, 1.54) is 19.5 Å². The zero-order chi connectivity index (χ0) is 13.4. The number of nitrogens with two attached hydrogens (primary N) is 1. The second-order valence-corrected chi connectivity index (χ2v) is 4.91. The van der Waals surface area contributed by atoms with E-state index in [2.05, 4.69) is 40.6 Å². The van der Waals surface area contributed by atoms with Gasteiger partial charge in [0, 0.05) is 32.7 Å². The minimum absolute atomic E-state index is 0. The van der Waals surface area contributed by atoms with Crippen LogP contribution in [0.3, 0.4) is 0 Å². The van der Waals surface area contributed by atoms with Crippen molar-refractivity contribution < 1.29 is 0 Å². The quantitative estimate of drug-likeness (QED) is 0.436. The van der Waals surface area contributed by atoms with Crippen LogP contribution in [0.1, 0.15) is 20.3 Å². The van der Waals surface area contributed by atoms with Gasteiger partial charge in [0.2, 0.25) is 0 Å². The Morgan fingerprint density at radius 1 is 1.16 bits per heavy atom. The Morgan fingerprint density at radius 2 is 1.84 bits per heavy atom. The summed E-state index contributed by atoms with van der Waals surface area (Å²) < 4.78 is 0. The first-order valence-electron chi connectivity index (χ1n) is 7.13. The fourth-order valence-electron chi connectivity index (χ4n) is 2.28. The molecule has 0 aromatic carbocycles. The van der Waals surface area contributed by atoms with Gasteiger partial charge in [0.05, 0.1) is 6.54 Å². The van der Waals surface area contributed by atoms with Crippen LogP contribution >= 0.6 is 24.0 Å². The van der Waals surface area contributed by atoms with Crippen LogP contribution in [0.4, 0.5) is 0 Å². The van der Waals surface area contributed by atoms with E-state index in [1.54, 1.807) is 0 Å². The van der Waals surface area contributed by atoms with Crippen molar-refractivity contribution in [3.63, 3.8) is 0 Å². The van der Waals surface area contributed by atoms with Crippen LogP contribution in [0.15, 0.2) is 4.99 Å². The smallest absolute Gasteiger partial charge is 0.191 e. The van der Waals surface area contributed by atoms with E-state index in [-0.39, 0.29) is 24.0 Å². The molecule has 0 aromatic rings. The van der Waals surface area contributed by atoms with Gasteiger partial charge in [-0.2, -0.15) is 0 Å². The second kappa shape index (κ2) is 10.7. The lowest BCUT2D eigenvalue weighted by atomic mass is 10.4. The molecule has 0 aromatic heterocycles. The van der Waals surface area contributed by atoms with Crippen molar-refractivity contribution in [2.24, 2.45) is 10.7 Å². The Bertz CT molecular complexity index is 255. The molecule has 1 saturated heterocycles. The maximum Gasteiger partial charge on any atom is 0.191 e. The Labute approximate surface area is 135 Å². The summed E-state index contributed by atoms with van der Waals surface area (Å²) in [7, 11) is 2.19. The average molecular weight is 383 g/mol. The van der Waals surface area contributed by atoms with Crippen molar-refractivity contribution in [3.05, 3.63) is 0 Å². The maximum absolute atomic E-state index is 5.96. The van der Waals surface area contributed by atoms with E-state index in [4.69, 9.17) is 5.73 Å². The third-order valence-corrected chi connectivity index (χ3v) is 3.59. The lowest BCUT2D eigenvalue weighted by Crippen LogP contribution is -2.38. The zero-order valence-corrected chi connectivity index (χ0v) is 15.0. The highest BCUT2D eigenvalue weighted by Crippen LogP contribution is 2.00. The van der Waals surface area contributed by atoms with Gasteiger partial charge in [-0.3, -0.25) is 4.99 Å². The lowest BCUT2D eigenvalue weighted by Gasteiger charge is -2.21. The number of likely N-dealkylation sites (N-methyl/N-ethyl adjacent to an activating group) is 1. The molecule has 1 aliphatic heterocycles. The molecule has 2 N–H and O–H groups in total. The molecule has 6 heteroatoms. The molecule has 0 aliphatic carbocycles. The molecule has 19 heavy (non-hydrogen) atoms. The number of aliphatic imine (C=N–C) groups is 1. The fraction of sp³-hybridized carbons (Fsp3) is 0.923. The number of rotatable bonds is 5. The van der Waals surface area contributed by atoms with Gasteiger partial charge in [-0.25, -0.2) is 0 Å². The Hall–Kier alpha value is -0.0800.